The van der Waals surface area contributed by atoms with E-state index in [0.29, 0.717) is 15.0 Å². The Bertz CT molecular complexity index is 390. The molecule has 0 saturated heterocycles. The fourth-order valence-electron chi connectivity index (χ4n) is 1.37. The molecule has 0 fully saturated rings. The van der Waals surface area contributed by atoms with Crippen LogP contribution in [0.4, 0.5) is 0 Å². The predicted octanol–water partition coefficient (Wildman–Crippen LogP) is 2.56. The number of allylic oxidation sites excluding steroid dienone is 3. The van der Waals surface area contributed by atoms with Crippen molar-refractivity contribution in [2.24, 2.45) is 0 Å². The molecule has 2 heteroatoms. The van der Waals surface area contributed by atoms with E-state index in [9.17, 15) is 0 Å². The van der Waals surface area contributed by atoms with Gasteiger partial charge < -0.3 is 0 Å². The molecule has 0 atom stereocenters. The second kappa shape index (κ2) is 4.70. The van der Waals surface area contributed by atoms with E-state index >= 15 is 0 Å². The van der Waals surface area contributed by atoms with Crippen molar-refractivity contribution in [3.8, 4) is 0 Å². The SMILES string of the molecule is C=[S+]/C(=C1/C=CC[Se]1)c1ccccc1. The van der Waals surface area contributed by atoms with Crippen LogP contribution in [0, 0.1) is 0 Å². The van der Waals surface area contributed by atoms with Crippen molar-refractivity contribution in [1.29, 1.82) is 0 Å². The molecule has 1 heterocycles. The molecule has 0 radical (unpaired) electrons. The molecule has 0 spiro atoms. The Morgan fingerprint density at radius 3 is 2.64 bits per heavy atom. The van der Waals surface area contributed by atoms with E-state index in [1.165, 1.54) is 20.3 Å². The van der Waals surface area contributed by atoms with Crippen LogP contribution in [-0.4, -0.2) is 20.8 Å². The molecule has 1 aromatic rings. The van der Waals surface area contributed by atoms with Gasteiger partial charge in [0.1, 0.15) is 0 Å². The van der Waals surface area contributed by atoms with Crippen LogP contribution >= 0.6 is 0 Å². The van der Waals surface area contributed by atoms with Crippen molar-refractivity contribution in [3.63, 3.8) is 0 Å². The van der Waals surface area contributed by atoms with Crippen LogP contribution in [-0.2, 0) is 11.4 Å². The van der Waals surface area contributed by atoms with Crippen LogP contribution in [0.25, 0.3) is 4.91 Å². The summed E-state index contributed by atoms with van der Waals surface area (Å²) in [6, 6.07) is 10.5. The van der Waals surface area contributed by atoms with Crippen molar-refractivity contribution in [2.75, 3.05) is 0 Å². The Labute approximate surface area is 94.8 Å². The average molecular weight is 266 g/mol. The second-order valence-corrected chi connectivity index (χ2v) is 5.84. The molecule has 70 valence electrons. The fourth-order valence-corrected chi connectivity index (χ4v) is 4.27. The van der Waals surface area contributed by atoms with E-state index in [0.717, 1.165) is 0 Å². The molecule has 0 unspecified atom stereocenters. The molecule has 0 aromatic heterocycles. The molecule has 0 saturated carbocycles. The van der Waals surface area contributed by atoms with Gasteiger partial charge in [-0.15, -0.1) is 0 Å². The van der Waals surface area contributed by atoms with Gasteiger partial charge in [0.25, 0.3) is 0 Å². The van der Waals surface area contributed by atoms with E-state index in [4.69, 9.17) is 0 Å². The van der Waals surface area contributed by atoms with Crippen molar-refractivity contribution >= 4 is 37.1 Å². The Kier molecular flexibility index (Phi) is 3.30. The first-order valence-electron chi connectivity index (χ1n) is 4.43. The maximum atomic E-state index is 3.94. The zero-order valence-corrected chi connectivity index (χ0v) is 10.3. The number of rotatable bonds is 2. The standard InChI is InChI=1S/C12H11SSe/c1-13-12(11-8-5-9-14-11)10-6-3-2-4-7-10/h2-8H,1,9H2/q+1/b12-11-. The zero-order valence-electron chi connectivity index (χ0n) is 7.77. The molecular weight excluding hydrogens is 255 g/mol. The first kappa shape index (κ1) is 9.85. The van der Waals surface area contributed by atoms with Gasteiger partial charge in [0.15, 0.2) is 0 Å². The van der Waals surface area contributed by atoms with Gasteiger partial charge in [-0.2, -0.15) is 0 Å². The summed E-state index contributed by atoms with van der Waals surface area (Å²) in [5, 5.41) is 1.24. The summed E-state index contributed by atoms with van der Waals surface area (Å²) in [5.74, 6) is 3.94. The van der Waals surface area contributed by atoms with Gasteiger partial charge in [-0.05, 0) is 0 Å². The van der Waals surface area contributed by atoms with Crippen LogP contribution in [0.2, 0.25) is 5.32 Å². The summed E-state index contributed by atoms with van der Waals surface area (Å²) in [7, 11) is 0. The Morgan fingerprint density at radius 1 is 1.29 bits per heavy atom. The van der Waals surface area contributed by atoms with Crippen LogP contribution in [0.15, 0.2) is 47.0 Å². The summed E-state index contributed by atoms with van der Waals surface area (Å²) >= 11 is 2.24. The molecule has 0 aliphatic carbocycles. The molecule has 1 aromatic carbocycles. The summed E-state index contributed by atoms with van der Waals surface area (Å²) < 4.78 is 1.49. The molecule has 1 aliphatic rings. The molecule has 0 N–H and O–H groups in total. The van der Waals surface area contributed by atoms with Gasteiger partial charge in [-0.1, -0.05) is 0 Å². The molecule has 0 amide bonds. The van der Waals surface area contributed by atoms with Gasteiger partial charge in [0.05, 0.1) is 0 Å². The molecule has 0 nitrogen and oxygen atoms in total. The third-order valence-electron chi connectivity index (χ3n) is 2.01. The Balaban J connectivity index is 2.44. The summed E-state index contributed by atoms with van der Waals surface area (Å²) in [6.45, 7) is 0. The van der Waals surface area contributed by atoms with E-state index in [2.05, 4.69) is 48.4 Å². The molecule has 1 aliphatic heterocycles. The Hall–Kier alpha value is -0.691. The monoisotopic (exact) mass is 267 g/mol. The third kappa shape index (κ3) is 2.03. The average Bonchev–Trinajstić information content (AvgIpc) is 2.74. The van der Waals surface area contributed by atoms with E-state index < -0.39 is 0 Å². The first-order chi connectivity index (χ1) is 6.92. The normalized spacial score (nSPS) is 18.3. The third-order valence-corrected chi connectivity index (χ3v) is 5.16. The van der Waals surface area contributed by atoms with E-state index in [1.807, 2.05) is 0 Å². The minimum absolute atomic E-state index is 0.621. The first-order valence-corrected chi connectivity index (χ1v) is 7.48. The van der Waals surface area contributed by atoms with E-state index in [1.54, 1.807) is 11.4 Å². The molecular formula is C12H11SSe+. The van der Waals surface area contributed by atoms with Crippen molar-refractivity contribution in [1.82, 2.24) is 0 Å². The number of benzene rings is 1. The quantitative estimate of drug-likeness (QED) is 0.438. The second-order valence-electron chi connectivity index (χ2n) is 2.92. The Morgan fingerprint density at radius 2 is 2.07 bits per heavy atom. The summed E-state index contributed by atoms with van der Waals surface area (Å²) in [6.07, 6.45) is 4.51. The summed E-state index contributed by atoms with van der Waals surface area (Å²) in [5.41, 5.74) is 1.30. The van der Waals surface area contributed by atoms with Crippen LogP contribution in [0.1, 0.15) is 5.56 Å². The van der Waals surface area contributed by atoms with Gasteiger partial charge in [-0.25, -0.2) is 0 Å². The number of hydrogen-bond acceptors (Lipinski definition) is 0. The van der Waals surface area contributed by atoms with Crippen LogP contribution in [0.3, 0.4) is 0 Å². The van der Waals surface area contributed by atoms with Gasteiger partial charge in [0.2, 0.25) is 0 Å². The number of hydrogen-bond donors (Lipinski definition) is 0. The van der Waals surface area contributed by atoms with Crippen LogP contribution < -0.4 is 0 Å². The van der Waals surface area contributed by atoms with Gasteiger partial charge in [-0.3, -0.25) is 0 Å². The van der Waals surface area contributed by atoms with E-state index in [-0.39, 0.29) is 0 Å². The molecule has 2 rings (SSSR count). The van der Waals surface area contributed by atoms with Gasteiger partial charge >= 0.3 is 94.9 Å². The fraction of sp³-hybridized carbons (Fsp3) is 0.0833. The van der Waals surface area contributed by atoms with Crippen molar-refractivity contribution in [3.05, 3.63) is 52.5 Å². The molecule has 14 heavy (non-hydrogen) atoms. The predicted molar refractivity (Wildman–Crippen MR) is 67.5 cm³/mol. The topological polar surface area (TPSA) is 0 Å². The van der Waals surface area contributed by atoms with Crippen molar-refractivity contribution in [2.45, 2.75) is 5.32 Å². The summed E-state index contributed by atoms with van der Waals surface area (Å²) in [4.78, 5) is 1.35. The zero-order chi connectivity index (χ0) is 9.80. The van der Waals surface area contributed by atoms with Gasteiger partial charge in [0, 0.05) is 0 Å². The van der Waals surface area contributed by atoms with Crippen molar-refractivity contribution < 1.29 is 0 Å². The maximum absolute atomic E-state index is 3.94. The van der Waals surface area contributed by atoms with Crippen LogP contribution in [0.5, 0.6) is 0 Å². The minimum atomic E-state index is 0.621. The molecule has 0 bridgehead atoms.